The molecule has 1 aromatic carbocycles. The van der Waals surface area contributed by atoms with Gasteiger partial charge in [0.2, 0.25) is 0 Å². The first kappa shape index (κ1) is 14.1. The Balaban J connectivity index is 3.09. The molecule has 1 unspecified atom stereocenters. The topological polar surface area (TPSA) is 60.4 Å². The van der Waals surface area contributed by atoms with Gasteiger partial charge >= 0.3 is 5.97 Å². The van der Waals surface area contributed by atoms with E-state index in [0.717, 1.165) is 6.26 Å². The van der Waals surface area contributed by atoms with Crippen molar-refractivity contribution in [1.82, 2.24) is 0 Å². The van der Waals surface area contributed by atoms with E-state index in [4.69, 9.17) is 4.74 Å². The third-order valence-electron chi connectivity index (χ3n) is 2.16. The summed E-state index contributed by atoms with van der Waals surface area (Å²) < 4.78 is 27.7. The lowest BCUT2D eigenvalue weighted by atomic mass is 10.1. The Morgan fingerprint density at radius 2 is 2.00 bits per heavy atom. The zero-order valence-electron chi connectivity index (χ0n) is 9.80. The Bertz CT molecular complexity index is 534. The zero-order valence-corrected chi connectivity index (χ0v) is 11.5. The fraction of sp³-hybridized carbons (Fsp3) is 0.364. The fourth-order valence-corrected chi connectivity index (χ4v) is 2.74. The molecule has 0 saturated heterocycles. The van der Waals surface area contributed by atoms with Crippen molar-refractivity contribution in [3.63, 3.8) is 0 Å². The smallest absolute Gasteiger partial charge is 0.304 e. The van der Waals surface area contributed by atoms with Gasteiger partial charge in [-0.15, -0.1) is 12.6 Å². The van der Waals surface area contributed by atoms with Gasteiger partial charge in [-0.3, -0.25) is 4.79 Å². The van der Waals surface area contributed by atoms with Crippen molar-refractivity contribution in [1.29, 1.82) is 0 Å². The number of benzene rings is 1. The molecule has 0 amide bonds. The summed E-state index contributed by atoms with van der Waals surface area (Å²) in [6.07, 6.45) is 1.15. The first-order chi connectivity index (χ1) is 7.71. The van der Waals surface area contributed by atoms with Crippen molar-refractivity contribution < 1.29 is 17.9 Å². The number of hydrogen-bond acceptors (Lipinski definition) is 5. The minimum atomic E-state index is -3.23. The lowest BCUT2D eigenvalue weighted by molar-refractivity contribution is -0.142. The molecule has 0 heterocycles. The van der Waals surface area contributed by atoms with E-state index >= 15 is 0 Å². The SMILES string of the molecule is CC(=O)OC(S)c1ccc(S(C)(=O)=O)c(C)c1. The molecule has 0 spiro atoms. The third kappa shape index (κ3) is 3.74. The van der Waals surface area contributed by atoms with Gasteiger partial charge in [0.05, 0.1) is 4.90 Å². The molecular weight excluding hydrogens is 260 g/mol. The Kier molecular flexibility index (Phi) is 4.21. The lowest BCUT2D eigenvalue weighted by Gasteiger charge is -2.13. The molecule has 4 nitrogen and oxygen atoms in total. The Labute approximate surface area is 106 Å². The van der Waals surface area contributed by atoms with E-state index in [1.54, 1.807) is 19.1 Å². The highest BCUT2D eigenvalue weighted by molar-refractivity contribution is 7.90. The number of carbonyl (C=O) groups is 1. The van der Waals surface area contributed by atoms with Gasteiger partial charge in [0, 0.05) is 18.7 Å². The molecule has 6 heteroatoms. The van der Waals surface area contributed by atoms with Crippen LogP contribution in [-0.4, -0.2) is 20.6 Å². The highest BCUT2D eigenvalue weighted by Crippen LogP contribution is 2.25. The number of sulfone groups is 1. The molecule has 0 saturated carbocycles. The van der Waals surface area contributed by atoms with E-state index in [9.17, 15) is 13.2 Å². The van der Waals surface area contributed by atoms with Crippen LogP contribution in [0.2, 0.25) is 0 Å². The summed E-state index contributed by atoms with van der Waals surface area (Å²) in [5, 5.41) is 0. The van der Waals surface area contributed by atoms with Crippen LogP contribution in [0.5, 0.6) is 0 Å². The second-order valence-corrected chi connectivity index (χ2v) is 6.21. The normalized spacial score (nSPS) is 13.2. The summed E-state index contributed by atoms with van der Waals surface area (Å²) in [4.78, 5) is 11.0. The van der Waals surface area contributed by atoms with Crippen LogP contribution in [0.15, 0.2) is 23.1 Å². The molecule has 0 radical (unpaired) electrons. The van der Waals surface area contributed by atoms with Crippen LogP contribution in [0.1, 0.15) is 23.5 Å². The molecule has 94 valence electrons. The van der Waals surface area contributed by atoms with E-state index in [1.165, 1.54) is 13.0 Å². The number of carbonyl (C=O) groups excluding carboxylic acids is 1. The maximum absolute atomic E-state index is 11.4. The molecular formula is C11H14O4S2. The van der Waals surface area contributed by atoms with Crippen LogP contribution in [0.25, 0.3) is 0 Å². The molecule has 0 aliphatic rings. The molecule has 0 aliphatic carbocycles. The average Bonchev–Trinajstić information content (AvgIpc) is 2.14. The second-order valence-electron chi connectivity index (χ2n) is 3.76. The van der Waals surface area contributed by atoms with Gasteiger partial charge in [-0.25, -0.2) is 8.42 Å². The van der Waals surface area contributed by atoms with Gasteiger partial charge in [0.25, 0.3) is 0 Å². The van der Waals surface area contributed by atoms with Crippen molar-refractivity contribution >= 4 is 28.4 Å². The van der Waals surface area contributed by atoms with Crippen molar-refractivity contribution in [2.24, 2.45) is 0 Å². The van der Waals surface area contributed by atoms with Crippen LogP contribution < -0.4 is 0 Å². The fourth-order valence-electron chi connectivity index (χ4n) is 1.47. The Hall–Kier alpha value is -1.01. The van der Waals surface area contributed by atoms with E-state index in [2.05, 4.69) is 12.6 Å². The molecule has 0 fully saturated rings. The van der Waals surface area contributed by atoms with Crippen molar-refractivity contribution in [2.45, 2.75) is 24.2 Å². The number of aryl methyl sites for hydroxylation is 1. The Morgan fingerprint density at radius 3 is 2.41 bits per heavy atom. The predicted octanol–water partition coefficient (Wildman–Crippen LogP) is 1.89. The molecule has 1 aromatic rings. The molecule has 0 aromatic heterocycles. The van der Waals surface area contributed by atoms with Crippen LogP contribution in [0.3, 0.4) is 0 Å². The summed E-state index contributed by atoms with van der Waals surface area (Å²) in [6, 6.07) is 4.73. The Morgan fingerprint density at radius 1 is 1.41 bits per heavy atom. The number of ether oxygens (including phenoxy) is 1. The van der Waals surface area contributed by atoms with Crippen molar-refractivity contribution in [3.8, 4) is 0 Å². The molecule has 17 heavy (non-hydrogen) atoms. The molecule has 0 bridgehead atoms. The van der Waals surface area contributed by atoms with Gasteiger partial charge in [0.1, 0.15) is 0 Å². The molecule has 1 atom stereocenters. The van der Waals surface area contributed by atoms with Gasteiger partial charge < -0.3 is 4.74 Å². The average molecular weight is 274 g/mol. The summed E-state index contributed by atoms with van der Waals surface area (Å²) in [6.45, 7) is 2.98. The minimum Gasteiger partial charge on any atom is -0.447 e. The first-order valence-electron chi connectivity index (χ1n) is 4.87. The summed E-state index contributed by atoms with van der Waals surface area (Å²) in [5.41, 5.74) is 0.574. The van der Waals surface area contributed by atoms with Crippen molar-refractivity contribution in [2.75, 3.05) is 6.26 Å². The first-order valence-corrected chi connectivity index (χ1v) is 7.28. The number of hydrogen-bond donors (Lipinski definition) is 1. The van der Waals surface area contributed by atoms with Gasteiger partial charge in [-0.1, -0.05) is 12.1 Å². The van der Waals surface area contributed by atoms with E-state index in [-0.39, 0.29) is 4.90 Å². The van der Waals surface area contributed by atoms with E-state index < -0.39 is 21.2 Å². The maximum Gasteiger partial charge on any atom is 0.304 e. The molecule has 1 rings (SSSR count). The number of esters is 1. The zero-order chi connectivity index (χ0) is 13.2. The quantitative estimate of drug-likeness (QED) is 0.519. The predicted molar refractivity (Wildman–Crippen MR) is 67.8 cm³/mol. The van der Waals surface area contributed by atoms with Crippen LogP contribution in [-0.2, 0) is 19.4 Å². The molecule has 0 aliphatic heterocycles. The largest absolute Gasteiger partial charge is 0.447 e. The standard InChI is InChI=1S/C11H14O4S2/c1-7-6-9(11(16)15-8(2)12)4-5-10(7)17(3,13)14/h4-6,11,16H,1-3H3. The van der Waals surface area contributed by atoms with Crippen LogP contribution in [0.4, 0.5) is 0 Å². The summed E-state index contributed by atoms with van der Waals surface area (Å²) >= 11 is 4.12. The summed E-state index contributed by atoms with van der Waals surface area (Å²) in [7, 11) is -3.23. The minimum absolute atomic E-state index is 0.268. The monoisotopic (exact) mass is 274 g/mol. The lowest BCUT2D eigenvalue weighted by Crippen LogP contribution is -2.05. The van der Waals surface area contributed by atoms with E-state index in [1.807, 2.05) is 0 Å². The van der Waals surface area contributed by atoms with Gasteiger partial charge in [-0.2, -0.15) is 0 Å². The summed E-state index contributed by atoms with van der Waals surface area (Å²) in [5.74, 6) is -0.435. The molecule has 0 N–H and O–H groups in total. The second kappa shape index (κ2) is 5.10. The van der Waals surface area contributed by atoms with Gasteiger partial charge in [0.15, 0.2) is 15.3 Å². The van der Waals surface area contributed by atoms with E-state index in [0.29, 0.717) is 11.1 Å². The third-order valence-corrected chi connectivity index (χ3v) is 3.82. The van der Waals surface area contributed by atoms with Crippen LogP contribution in [0, 0.1) is 6.92 Å². The van der Waals surface area contributed by atoms with Crippen LogP contribution >= 0.6 is 12.6 Å². The van der Waals surface area contributed by atoms with Gasteiger partial charge in [-0.05, 0) is 18.6 Å². The maximum atomic E-state index is 11.4. The van der Waals surface area contributed by atoms with Crippen molar-refractivity contribution in [3.05, 3.63) is 29.3 Å². The number of thiol groups is 1. The highest BCUT2D eigenvalue weighted by Gasteiger charge is 2.14. The number of rotatable bonds is 3. The highest BCUT2D eigenvalue weighted by atomic mass is 32.2.